The van der Waals surface area contributed by atoms with E-state index >= 15 is 0 Å². The fourth-order valence-corrected chi connectivity index (χ4v) is 1.90. The number of nitrogens with two attached hydrogens (primary N) is 1. The molecule has 0 bridgehead atoms. The largest absolute Gasteiger partial charge is 0.488 e. The first kappa shape index (κ1) is 13.2. The highest BCUT2D eigenvalue weighted by Gasteiger charge is 2.14. The van der Waals surface area contributed by atoms with Crippen LogP contribution in [0.2, 0.25) is 5.02 Å². The summed E-state index contributed by atoms with van der Waals surface area (Å²) in [5.74, 6) is -0.869. The van der Waals surface area contributed by atoms with Gasteiger partial charge in [0.2, 0.25) is 0 Å². The van der Waals surface area contributed by atoms with Gasteiger partial charge in [0.25, 0.3) is 0 Å². The Morgan fingerprint density at radius 1 is 1.26 bits per heavy atom. The van der Waals surface area contributed by atoms with E-state index < -0.39 is 5.97 Å². The second kappa shape index (κ2) is 5.63. The van der Waals surface area contributed by atoms with Gasteiger partial charge < -0.3 is 15.6 Å². The monoisotopic (exact) mass is 277 g/mol. The molecule has 0 amide bonds. The molecule has 2 rings (SSSR count). The van der Waals surface area contributed by atoms with Gasteiger partial charge in [0.1, 0.15) is 17.9 Å². The molecule has 0 aromatic heterocycles. The number of anilines is 1. The molecule has 0 unspecified atom stereocenters. The molecule has 0 atom stereocenters. The molecule has 4 nitrogen and oxygen atoms in total. The Labute approximate surface area is 115 Å². The zero-order chi connectivity index (χ0) is 13.8. The first-order chi connectivity index (χ1) is 9.08. The number of hydrogen-bond donors (Lipinski definition) is 2. The van der Waals surface area contributed by atoms with Gasteiger partial charge in [-0.3, -0.25) is 0 Å². The number of hydrogen-bond acceptors (Lipinski definition) is 3. The number of nitrogen functional groups attached to an aromatic ring is 1. The predicted octanol–water partition coefficient (Wildman–Crippen LogP) is 3.20. The van der Waals surface area contributed by atoms with Gasteiger partial charge in [-0.25, -0.2) is 4.79 Å². The summed E-state index contributed by atoms with van der Waals surface area (Å²) in [5, 5.41) is 9.71. The van der Waals surface area contributed by atoms with Crippen LogP contribution in [0.15, 0.2) is 42.5 Å². The summed E-state index contributed by atoms with van der Waals surface area (Å²) < 4.78 is 5.50. The average Bonchev–Trinajstić information content (AvgIpc) is 2.36. The minimum Gasteiger partial charge on any atom is -0.488 e. The Morgan fingerprint density at radius 3 is 2.68 bits per heavy atom. The Morgan fingerprint density at radius 2 is 2.00 bits per heavy atom. The number of carboxylic acids is 1. The molecule has 0 aliphatic carbocycles. The van der Waals surface area contributed by atoms with Crippen molar-refractivity contribution >= 4 is 23.3 Å². The third-order valence-corrected chi connectivity index (χ3v) is 2.79. The van der Waals surface area contributed by atoms with Crippen LogP contribution in [0, 0.1) is 0 Å². The van der Waals surface area contributed by atoms with Gasteiger partial charge in [-0.15, -0.1) is 0 Å². The average molecular weight is 278 g/mol. The molecule has 0 fully saturated rings. The summed E-state index contributed by atoms with van der Waals surface area (Å²) in [6.07, 6.45) is 0. The molecule has 2 aromatic carbocycles. The van der Waals surface area contributed by atoms with Crippen molar-refractivity contribution in [3.05, 3.63) is 58.6 Å². The van der Waals surface area contributed by atoms with Gasteiger partial charge in [-0.05, 0) is 29.8 Å². The van der Waals surface area contributed by atoms with Crippen LogP contribution in [0.25, 0.3) is 0 Å². The maximum atomic E-state index is 11.1. The zero-order valence-electron chi connectivity index (χ0n) is 9.97. The van der Waals surface area contributed by atoms with E-state index in [9.17, 15) is 4.79 Å². The van der Waals surface area contributed by atoms with Crippen molar-refractivity contribution in [2.45, 2.75) is 6.61 Å². The Hall–Kier alpha value is -2.20. The molecule has 0 saturated heterocycles. The van der Waals surface area contributed by atoms with Crippen LogP contribution in [0.5, 0.6) is 5.75 Å². The minimum absolute atomic E-state index is 0.0236. The molecule has 98 valence electrons. The van der Waals surface area contributed by atoms with Crippen molar-refractivity contribution in [2.24, 2.45) is 0 Å². The van der Waals surface area contributed by atoms with Crippen LogP contribution in [-0.4, -0.2) is 11.1 Å². The van der Waals surface area contributed by atoms with Gasteiger partial charge in [0, 0.05) is 10.7 Å². The van der Waals surface area contributed by atoms with Gasteiger partial charge in [0.15, 0.2) is 0 Å². The fraction of sp³-hybridized carbons (Fsp3) is 0.0714. The number of carbonyl (C=O) groups is 1. The molecule has 0 radical (unpaired) electrons. The molecule has 5 heteroatoms. The topological polar surface area (TPSA) is 72.5 Å². The summed E-state index contributed by atoms with van der Waals surface area (Å²) in [4.78, 5) is 11.1. The van der Waals surface area contributed by atoms with E-state index in [0.717, 1.165) is 5.56 Å². The summed E-state index contributed by atoms with van der Waals surface area (Å²) in [6.45, 7) is 0.226. The second-order valence-corrected chi connectivity index (χ2v) is 4.38. The van der Waals surface area contributed by atoms with Crippen molar-refractivity contribution < 1.29 is 14.6 Å². The number of aromatic carboxylic acids is 1. The van der Waals surface area contributed by atoms with E-state index in [1.807, 2.05) is 6.07 Å². The number of rotatable bonds is 4. The first-order valence-corrected chi connectivity index (χ1v) is 5.95. The van der Waals surface area contributed by atoms with Crippen LogP contribution >= 0.6 is 11.6 Å². The maximum absolute atomic E-state index is 11.1. The zero-order valence-corrected chi connectivity index (χ0v) is 10.7. The van der Waals surface area contributed by atoms with Gasteiger partial charge >= 0.3 is 5.97 Å². The number of halogens is 1. The summed E-state index contributed by atoms with van der Waals surface area (Å²) in [7, 11) is 0. The van der Waals surface area contributed by atoms with Crippen LogP contribution in [0.3, 0.4) is 0 Å². The highest BCUT2D eigenvalue weighted by atomic mass is 35.5. The van der Waals surface area contributed by atoms with Gasteiger partial charge in [-0.2, -0.15) is 0 Å². The molecule has 0 spiro atoms. The van der Waals surface area contributed by atoms with E-state index in [0.29, 0.717) is 5.02 Å². The SMILES string of the molecule is Nc1cccc(OCc2cccc(Cl)c2)c1C(=O)O. The number of benzene rings is 2. The molecule has 3 N–H and O–H groups in total. The Kier molecular flexibility index (Phi) is 3.92. The number of carboxylic acid groups (broad SMARTS) is 1. The summed E-state index contributed by atoms with van der Waals surface area (Å²) in [6, 6.07) is 11.9. The predicted molar refractivity (Wildman–Crippen MR) is 73.6 cm³/mol. The molecule has 0 aliphatic heterocycles. The van der Waals surface area contributed by atoms with E-state index in [1.54, 1.807) is 30.3 Å². The lowest BCUT2D eigenvalue weighted by Crippen LogP contribution is -2.06. The summed E-state index contributed by atoms with van der Waals surface area (Å²) >= 11 is 5.86. The van der Waals surface area contributed by atoms with E-state index in [1.165, 1.54) is 6.07 Å². The van der Waals surface area contributed by atoms with Crippen LogP contribution in [0.1, 0.15) is 15.9 Å². The maximum Gasteiger partial charge on any atom is 0.341 e. The van der Waals surface area contributed by atoms with Crippen molar-refractivity contribution in [3.8, 4) is 5.75 Å². The van der Waals surface area contributed by atoms with Crippen molar-refractivity contribution in [2.75, 3.05) is 5.73 Å². The lowest BCUT2D eigenvalue weighted by Gasteiger charge is -2.11. The molecule has 19 heavy (non-hydrogen) atoms. The molecule has 0 aliphatic rings. The lowest BCUT2D eigenvalue weighted by molar-refractivity contribution is 0.0693. The standard InChI is InChI=1S/C14H12ClNO3/c15-10-4-1-3-9(7-10)8-19-12-6-2-5-11(16)13(12)14(17)18/h1-7H,8,16H2,(H,17,18). The quantitative estimate of drug-likeness (QED) is 0.842. The van der Waals surface area contributed by atoms with E-state index in [-0.39, 0.29) is 23.6 Å². The molecular formula is C14H12ClNO3. The van der Waals surface area contributed by atoms with Gasteiger partial charge in [-0.1, -0.05) is 29.8 Å². The highest BCUT2D eigenvalue weighted by Crippen LogP contribution is 2.25. The molecule has 0 heterocycles. The van der Waals surface area contributed by atoms with Gasteiger partial charge in [0.05, 0.1) is 0 Å². The van der Waals surface area contributed by atoms with Crippen molar-refractivity contribution in [1.29, 1.82) is 0 Å². The highest BCUT2D eigenvalue weighted by molar-refractivity contribution is 6.30. The Balaban J connectivity index is 2.20. The van der Waals surface area contributed by atoms with Crippen LogP contribution in [0.4, 0.5) is 5.69 Å². The van der Waals surface area contributed by atoms with E-state index in [2.05, 4.69) is 0 Å². The third kappa shape index (κ3) is 3.17. The minimum atomic E-state index is -1.11. The van der Waals surface area contributed by atoms with Crippen LogP contribution < -0.4 is 10.5 Å². The molecule has 2 aromatic rings. The molecule has 0 saturated carbocycles. The first-order valence-electron chi connectivity index (χ1n) is 5.57. The summed E-state index contributed by atoms with van der Waals surface area (Å²) in [5.41, 5.74) is 6.64. The lowest BCUT2D eigenvalue weighted by atomic mass is 10.1. The number of ether oxygens (including phenoxy) is 1. The second-order valence-electron chi connectivity index (χ2n) is 3.94. The smallest absolute Gasteiger partial charge is 0.341 e. The fourth-order valence-electron chi connectivity index (χ4n) is 1.69. The van der Waals surface area contributed by atoms with Crippen LogP contribution in [-0.2, 0) is 6.61 Å². The van der Waals surface area contributed by atoms with Crippen molar-refractivity contribution in [3.63, 3.8) is 0 Å². The third-order valence-electron chi connectivity index (χ3n) is 2.56. The normalized spacial score (nSPS) is 10.2. The molecular weight excluding hydrogens is 266 g/mol. The van der Waals surface area contributed by atoms with Crippen molar-refractivity contribution in [1.82, 2.24) is 0 Å². The Bertz CT molecular complexity index is 613. The van der Waals surface area contributed by atoms with E-state index in [4.69, 9.17) is 27.2 Å².